The summed E-state index contributed by atoms with van der Waals surface area (Å²) in [7, 11) is 0. The van der Waals surface area contributed by atoms with E-state index >= 15 is 0 Å². The van der Waals surface area contributed by atoms with Crippen LogP contribution in [-0.4, -0.2) is 19.1 Å². The van der Waals surface area contributed by atoms with Gasteiger partial charge < -0.3 is 11.1 Å². The Bertz CT molecular complexity index is 217. The second-order valence-electron chi connectivity index (χ2n) is 6.32. The predicted octanol–water partition coefficient (Wildman–Crippen LogP) is 2.92. The van der Waals surface area contributed by atoms with Gasteiger partial charge in [-0.15, -0.1) is 0 Å². The van der Waals surface area contributed by atoms with Gasteiger partial charge in [0.05, 0.1) is 0 Å². The van der Waals surface area contributed by atoms with Crippen molar-refractivity contribution in [3.05, 3.63) is 0 Å². The predicted molar refractivity (Wildman–Crippen MR) is 73.9 cm³/mol. The molecule has 2 rings (SSSR count). The fourth-order valence-electron chi connectivity index (χ4n) is 3.76. The van der Waals surface area contributed by atoms with Gasteiger partial charge in [-0.05, 0) is 50.1 Å². The third-order valence-corrected chi connectivity index (χ3v) is 5.14. The van der Waals surface area contributed by atoms with Crippen LogP contribution in [0.5, 0.6) is 0 Å². The minimum absolute atomic E-state index is 0.711. The van der Waals surface area contributed by atoms with Crippen molar-refractivity contribution in [1.82, 2.24) is 5.32 Å². The van der Waals surface area contributed by atoms with Gasteiger partial charge in [-0.3, -0.25) is 0 Å². The van der Waals surface area contributed by atoms with E-state index in [9.17, 15) is 0 Å². The summed E-state index contributed by atoms with van der Waals surface area (Å²) in [6, 6.07) is 0.711. The Morgan fingerprint density at radius 3 is 2.29 bits per heavy atom. The first-order chi connectivity index (χ1) is 8.31. The van der Waals surface area contributed by atoms with Gasteiger partial charge in [0.15, 0.2) is 0 Å². The summed E-state index contributed by atoms with van der Waals surface area (Å²) in [5, 5.41) is 3.84. The van der Waals surface area contributed by atoms with Gasteiger partial charge in [0.25, 0.3) is 0 Å². The summed E-state index contributed by atoms with van der Waals surface area (Å²) in [6.45, 7) is 4.55. The highest BCUT2D eigenvalue weighted by Gasteiger charge is 2.26. The van der Waals surface area contributed by atoms with Gasteiger partial charge in [-0.1, -0.05) is 39.0 Å². The highest BCUT2D eigenvalue weighted by Crippen LogP contribution is 2.30. The molecule has 100 valence electrons. The van der Waals surface area contributed by atoms with Crippen LogP contribution < -0.4 is 11.1 Å². The molecule has 0 aromatic rings. The zero-order valence-electron chi connectivity index (χ0n) is 11.5. The lowest BCUT2D eigenvalue weighted by Crippen LogP contribution is -2.44. The lowest BCUT2D eigenvalue weighted by atomic mass is 9.79. The first-order valence-corrected chi connectivity index (χ1v) is 7.74. The zero-order chi connectivity index (χ0) is 12.1. The Labute approximate surface area is 107 Å². The van der Waals surface area contributed by atoms with Gasteiger partial charge in [0.2, 0.25) is 0 Å². The summed E-state index contributed by atoms with van der Waals surface area (Å²) in [4.78, 5) is 0. The molecule has 2 nitrogen and oxygen atoms in total. The van der Waals surface area contributed by atoms with E-state index in [0.29, 0.717) is 6.04 Å². The molecule has 0 bridgehead atoms. The molecule has 4 atom stereocenters. The second kappa shape index (κ2) is 6.75. The molecular weight excluding hydrogens is 208 g/mol. The van der Waals surface area contributed by atoms with E-state index < -0.39 is 0 Å². The average Bonchev–Trinajstić information content (AvgIpc) is 2.38. The molecule has 0 aromatic carbocycles. The largest absolute Gasteiger partial charge is 0.330 e. The molecule has 0 amide bonds. The third-order valence-electron chi connectivity index (χ3n) is 5.14. The molecule has 3 N–H and O–H groups in total. The van der Waals surface area contributed by atoms with Crippen LogP contribution in [0, 0.1) is 17.8 Å². The summed E-state index contributed by atoms with van der Waals surface area (Å²) in [5.74, 6) is 2.59. The molecule has 0 saturated heterocycles. The van der Waals surface area contributed by atoms with Crippen molar-refractivity contribution < 1.29 is 0 Å². The van der Waals surface area contributed by atoms with E-state index in [-0.39, 0.29) is 0 Å². The quantitative estimate of drug-likeness (QED) is 0.790. The summed E-state index contributed by atoms with van der Waals surface area (Å²) >= 11 is 0. The van der Waals surface area contributed by atoms with Crippen molar-refractivity contribution in [2.24, 2.45) is 23.5 Å². The van der Waals surface area contributed by atoms with Crippen LogP contribution in [0.1, 0.15) is 58.3 Å². The van der Waals surface area contributed by atoms with E-state index in [1.165, 1.54) is 57.9 Å². The Balaban J connectivity index is 1.75. The molecule has 4 unspecified atom stereocenters. The minimum Gasteiger partial charge on any atom is -0.330 e. The SMILES string of the molecule is CC1CCCCC1CNC1CCCCC1CN. The van der Waals surface area contributed by atoms with Crippen LogP contribution in [0.4, 0.5) is 0 Å². The minimum atomic E-state index is 0.711. The fourth-order valence-corrected chi connectivity index (χ4v) is 3.76. The van der Waals surface area contributed by atoms with Crippen LogP contribution in [0.3, 0.4) is 0 Å². The monoisotopic (exact) mass is 238 g/mol. The van der Waals surface area contributed by atoms with Gasteiger partial charge in [0, 0.05) is 6.04 Å². The van der Waals surface area contributed by atoms with Crippen molar-refractivity contribution in [2.45, 2.75) is 64.3 Å². The van der Waals surface area contributed by atoms with Crippen molar-refractivity contribution in [1.29, 1.82) is 0 Å². The summed E-state index contributed by atoms with van der Waals surface area (Å²) in [5.41, 5.74) is 5.89. The second-order valence-corrected chi connectivity index (χ2v) is 6.32. The number of nitrogens with two attached hydrogens (primary N) is 1. The Morgan fingerprint density at radius 1 is 0.941 bits per heavy atom. The molecule has 0 aliphatic heterocycles. The summed E-state index contributed by atoms with van der Waals surface area (Å²) < 4.78 is 0. The first-order valence-electron chi connectivity index (χ1n) is 7.74. The maximum Gasteiger partial charge on any atom is 0.0107 e. The van der Waals surface area contributed by atoms with Crippen LogP contribution in [0.25, 0.3) is 0 Å². The molecule has 0 heterocycles. The number of rotatable bonds is 4. The van der Waals surface area contributed by atoms with Gasteiger partial charge >= 0.3 is 0 Å². The Kier molecular flexibility index (Phi) is 5.30. The highest BCUT2D eigenvalue weighted by molar-refractivity contribution is 4.83. The molecule has 0 aromatic heterocycles. The molecular formula is C15H30N2. The lowest BCUT2D eigenvalue weighted by molar-refractivity contribution is 0.208. The lowest BCUT2D eigenvalue weighted by Gasteiger charge is -2.35. The van der Waals surface area contributed by atoms with Crippen LogP contribution in [0.15, 0.2) is 0 Å². The third kappa shape index (κ3) is 3.69. The van der Waals surface area contributed by atoms with Crippen LogP contribution >= 0.6 is 0 Å². The van der Waals surface area contributed by atoms with E-state index in [1.807, 2.05) is 0 Å². The average molecular weight is 238 g/mol. The molecule has 2 fully saturated rings. The van der Waals surface area contributed by atoms with E-state index in [2.05, 4.69) is 12.2 Å². The van der Waals surface area contributed by atoms with Crippen molar-refractivity contribution in [2.75, 3.05) is 13.1 Å². The maximum atomic E-state index is 5.89. The smallest absolute Gasteiger partial charge is 0.0107 e. The number of nitrogens with one attached hydrogen (secondary N) is 1. The molecule has 2 heteroatoms. The Morgan fingerprint density at radius 2 is 1.59 bits per heavy atom. The highest BCUT2D eigenvalue weighted by atomic mass is 14.9. The molecule has 2 aliphatic carbocycles. The van der Waals surface area contributed by atoms with Gasteiger partial charge in [-0.2, -0.15) is 0 Å². The molecule has 2 saturated carbocycles. The van der Waals surface area contributed by atoms with Crippen molar-refractivity contribution in [3.8, 4) is 0 Å². The molecule has 0 spiro atoms. The van der Waals surface area contributed by atoms with Crippen molar-refractivity contribution in [3.63, 3.8) is 0 Å². The zero-order valence-corrected chi connectivity index (χ0v) is 11.5. The standard InChI is InChI=1S/C15H30N2/c1-12-6-2-3-8-14(12)11-17-15-9-5-4-7-13(15)10-16/h12-15,17H,2-11,16H2,1H3. The Hall–Kier alpha value is -0.0800. The molecule has 2 aliphatic rings. The molecule has 0 radical (unpaired) electrons. The van der Waals surface area contributed by atoms with E-state index in [1.54, 1.807) is 0 Å². The topological polar surface area (TPSA) is 38.0 Å². The number of hydrogen-bond acceptors (Lipinski definition) is 2. The first kappa shape index (κ1) is 13.4. The van der Waals surface area contributed by atoms with Gasteiger partial charge in [-0.25, -0.2) is 0 Å². The normalized spacial score (nSPS) is 39.2. The van der Waals surface area contributed by atoms with Crippen LogP contribution in [0.2, 0.25) is 0 Å². The number of hydrogen-bond donors (Lipinski definition) is 2. The maximum absolute atomic E-state index is 5.89. The van der Waals surface area contributed by atoms with E-state index in [0.717, 1.165) is 24.3 Å². The fraction of sp³-hybridized carbons (Fsp3) is 1.00. The molecule has 17 heavy (non-hydrogen) atoms. The van der Waals surface area contributed by atoms with Crippen molar-refractivity contribution >= 4 is 0 Å². The van der Waals surface area contributed by atoms with Crippen LogP contribution in [-0.2, 0) is 0 Å². The summed E-state index contributed by atoms with van der Waals surface area (Å²) in [6.07, 6.45) is 11.3. The van der Waals surface area contributed by atoms with Gasteiger partial charge in [0.1, 0.15) is 0 Å². The van der Waals surface area contributed by atoms with E-state index in [4.69, 9.17) is 5.73 Å².